The van der Waals surface area contributed by atoms with Gasteiger partial charge in [-0.2, -0.15) is 5.10 Å². The van der Waals surface area contributed by atoms with E-state index in [1.807, 2.05) is 10.9 Å². The summed E-state index contributed by atoms with van der Waals surface area (Å²) in [5.41, 5.74) is 1.24. The number of hydrogen-bond donors (Lipinski definition) is 1. The molecular formula is C14H27N3O. The third-order valence-corrected chi connectivity index (χ3v) is 3.01. The Bertz CT molecular complexity index is 323. The summed E-state index contributed by atoms with van der Waals surface area (Å²) in [6, 6.07) is 0.332. The molecule has 0 aromatic carbocycles. The van der Waals surface area contributed by atoms with E-state index in [9.17, 15) is 0 Å². The zero-order valence-corrected chi connectivity index (χ0v) is 12.1. The average molecular weight is 253 g/mol. The Labute approximate surface area is 111 Å². The summed E-state index contributed by atoms with van der Waals surface area (Å²) >= 11 is 0. The Kier molecular flexibility index (Phi) is 6.98. The first kappa shape index (κ1) is 15.2. The Morgan fingerprint density at radius 2 is 2.11 bits per heavy atom. The Balaban J connectivity index is 2.11. The van der Waals surface area contributed by atoms with Gasteiger partial charge in [-0.05, 0) is 26.2 Å². The number of aromatic nitrogens is 2. The molecule has 1 atom stereocenters. The molecule has 18 heavy (non-hydrogen) atoms. The Morgan fingerprint density at radius 3 is 2.72 bits per heavy atom. The van der Waals surface area contributed by atoms with E-state index in [4.69, 9.17) is 4.74 Å². The zero-order chi connectivity index (χ0) is 13.4. The maximum Gasteiger partial charge on any atom is 0.0591 e. The van der Waals surface area contributed by atoms with Crippen LogP contribution in [0.15, 0.2) is 12.4 Å². The lowest BCUT2D eigenvalue weighted by atomic mass is 10.1. The third-order valence-electron chi connectivity index (χ3n) is 3.01. The highest BCUT2D eigenvalue weighted by molar-refractivity contribution is 5.08. The quantitative estimate of drug-likeness (QED) is 0.688. The highest BCUT2D eigenvalue weighted by atomic mass is 16.5. The second-order valence-corrected chi connectivity index (χ2v) is 5.10. The van der Waals surface area contributed by atoms with E-state index >= 15 is 0 Å². The van der Waals surface area contributed by atoms with Gasteiger partial charge in [0.05, 0.1) is 12.8 Å². The van der Waals surface area contributed by atoms with Crippen LogP contribution in [-0.2, 0) is 11.3 Å². The predicted molar refractivity (Wildman–Crippen MR) is 74.6 cm³/mol. The molecule has 1 unspecified atom stereocenters. The first-order valence-corrected chi connectivity index (χ1v) is 6.97. The Morgan fingerprint density at radius 1 is 1.33 bits per heavy atom. The molecule has 1 aromatic heterocycles. The van der Waals surface area contributed by atoms with Gasteiger partial charge in [0.2, 0.25) is 0 Å². The summed E-state index contributed by atoms with van der Waals surface area (Å²) in [6.45, 7) is 12.1. The largest absolute Gasteiger partial charge is 0.380 e. The van der Waals surface area contributed by atoms with Gasteiger partial charge in [-0.25, -0.2) is 0 Å². The van der Waals surface area contributed by atoms with Crippen molar-refractivity contribution in [3.8, 4) is 0 Å². The van der Waals surface area contributed by atoms with Crippen LogP contribution in [0.5, 0.6) is 0 Å². The zero-order valence-electron chi connectivity index (χ0n) is 12.1. The molecule has 0 aliphatic heterocycles. The van der Waals surface area contributed by atoms with Crippen LogP contribution in [0.3, 0.4) is 0 Å². The fraction of sp³-hybridized carbons (Fsp3) is 0.786. The molecule has 1 aromatic rings. The molecule has 0 saturated heterocycles. The van der Waals surface area contributed by atoms with Crippen LogP contribution in [0.4, 0.5) is 0 Å². The van der Waals surface area contributed by atoms with Crippen LogP contribution in [0.2, 0.25) is 0 Å². The molecule has 104 valence electrons. The number of rotatable bonds is 9. The van der Waals surface area contributed by atoms with E-state index in [0.717, 1.165) is 38.6 Å². The lowest BCUT2D eigenvalue weighted by Crippen LogP contribution is -2.23. The van der Waals surface area contributed by atoms with Crippen LogP contribution in [0, 0.1) is 5.92 Å². The fourth-order valence-electron chi connectivity index (χ4n) is 1.66. The summed E-state index contributed by atoms with van der Waals surface area (Å²) in [5, 5.41) is 7.72. The van der Waals surface area contributed by atoms with Gasteiger partial charge in [-0.3, -0.25) is 4.68 Å². The Hall–Kier alpha value is -0.870. The number of aryl methyl sites for hydroxylation is 1. The van der Waals surface area contributed by atoms with Gasteiger partial charge in [-0.1, -0.05) is 13.8 Å². The molecule has 1 heterocycles. The van der Waals surface area contributed by atoms with E-state index in [-0.39, 0.29) is 0 Å². The number of nitrogens with zero attached hydrogens (tertiary/aromatic N) is 2. The van der Waals surface area contributed by atoms with Crippen molar-refractivity contribution in [2.75, 3.05) is 19.8 Å². The van der Waals surface area contributed by atoms with Crippen molar-refractivity contribution in [1.29, 1.82) is 0 Å². The molecule has 0 bridgehead atoms. The maximum atomic E-state index is 5.57. The van der Waals surface area contributed by atoms with Gasteiger partial charge < -0.3 is 10.1 Å². The minimum Gasteiger partial charge on any atom is -0.380 e. The summed E-state index contributed by atoms with van der Waals surface area (Å²) in [4.78, 5) is 0. The molecule has 0 saturated carbocycles. The molecule has 0 amide bonds. The van der Waals surface area contributed by atoms with Crippen molar-refractivity contribution in [1.82, 2.24) is 15.1 Å². The lowest BCUT2D eigenvalue weighted by Gasteiger charge is -2.12. The van der Waals surface area contributed by atoms with E-state index in [1.165, 1.54) is 5.56 Å². The normalized spacial score (nSPS) is 13.2. The molecule has 1 N–H and O–H groups in total. The van der Waals surface area contributed by atoms with Crippen LogP contribution < -0.4 is 5.32 Å². The second kappa shape index (κ2) is 8.27. The topological polar surface area (TPSA) is 39.1 Å². The van der Waals surface area contributed by atoms with Crippen molar-refractivity contribution >= 4 is 0 Å². The van der Waals surface area contributed by atoms with Crippen molar-refractivity contribution in [2.24, 2.45) is 5.92 Å². The molecular weight excluding hydrogens is 226 g/mol. The van der Waals surface area contributed by atoms with Crippen LogP contribution in [0.1, 0.15) is 45.7 Å². The predicted octanol–water partition coefficient (Wildman–Crippen LogP) is 2.62. The first-order chi connectivity index (χ1) is 8.63. The highest BCUT2D eigenvalue weighted by Crippen LogP contribution is 2.10. The molecule has 4 nitrogen and oxygen atoms in total. The standard InChI is InChI=1S/C14H27N3O/c1-5-17-11-14(10-16-17)13(4)15-7-9-18-8-6-12(2)3/h10-13,15H,5-9H2,1-4H3. The van der Waals surface area contributed by atoms with Crippen LogP contribution in [-0.4, -0.2) is 29.5 Å². The number of nitrogens with one attached hydrogen (secondary N) is 1. The number of ether oxygens (including phenoxy) is 1. The second-order valence-electron chi connectivity index (χ2n) is 5.10. The highest BCUT2D eigenvalue weighted by Gasteiger charge is 2.06. The first-order valence-electron chi connectivity index (χ1n) is 6.97. The summed E-state index contributed by atoms with van der Waals surface area (Å²) < 4.78 is 7.52. The lowest BCUT2D eigenvalue weighted by molar-refractivity contribution is 0.123. The van der Waals surface area contributed by atoms with E-state index < -0.39 is 0 Å². The summed E-state index contributed by atoms with van der Waals surface area (Å²) in [7, 11) is 0. The van der Waals surface area contributed by atoms with Crippen molar-refractivity contribution in [3.63, 3.8) is 0 Å². The smallest absolute Gasteiger partial charge is 0.0591 e. The molecule has 0 fully saturated rings. The maximum absolute atomic E-state index is 5.57. The third kappa shape index (κ3) is 5.65. The minimum absolute atomic E-state index is 0.332. The summed E-state index contributed by atoms with van der Waals surface area (Å²) in [6.07, 6.45) is 5.16. The van der Waals surface area contributed by atoms with Gasteiger partial charge >= 0.3 is 0 Å². The molecule has 4 heteroatoms. The van der Waals surface area contributed by atoms with Crippen molar-refractivity contribution in [3.05, 3.63) is 18.0 Å². The van der Waals surface area contributed by atoms with Crippen LogP contribution in [0.25, 0.3) is 0 Å². The van der Waals surface area contributed by atoms with E-state index in [0.29, 0.717) is 6.04 Å². The molecule has 1 rings (SSSR count). The van der Waals surface area contributed by atoms with Crippen molar-refractivity contribution in [2.45, 2.75) is 46.7 Å². The minimum atomic E-state index is 0.332. The van der Waals surface area contributed by atoms with Gasteiger partial charge in [0.25, 0.3) is 0 Å². The SMILES string of the molecule is CCn1cc(C(C)NCCOCCC(C)C)cn1. The molecule has 0 aliphatic carbocycles. The van der Waals surface area contributed by atoms with Crippen LogP contribution >= 0.6 is 0 Å². The van der Waals surface area contributed by atoms with E-state index in [2.05, 4.69) is 44.3 Å². The van der Waals surface area contributed by atoms with E-state index in [1.54, 1.807) is 0 Å². The van der Waals surface area contributed by atoms with Gasteiger partial charge in [0.1, 0.15) is 0 Å². The summed E-state index contributed by atoms with van der Waals surface area (Å²) in [5.74, 6) is 0.719. The molecule has 0 spiro atoms. The average Bonchev–Trinajstić information content (AvgIpc) is 2.81. The van der Waals surface area contributed by atoms with Gasteiger partial charge in [-0.15, -0.1) is 0 Å². The monoisotopic (exact) mass is 253 g/mol. The number of hydrogen-bond acceptors (Lipinski definition) is 3. The van der Waals surface area contributed by atoms with Gasteiger partial charge in [0, 0.05) is 37.5 Å². The fourth-order valence-corrected chi connectivity index (χ4v) is 1.66. The van der Waals surface area contributed by atoms with Crippen molar-refractivity contribution < 1.29 is 4.74 Å². The molecule has 0 aliphatic rings. The molecule has 0 radical (unpaired) electrons. The van der Waals surface area contributed by atoms with Gasteiger partial charge in [0.15, 0.2) is 0 Å².